The highest BCUT2D eigenvalue weighted by Crippen LogP contribution is 2.35. The van der Waals surface area contributed by atoms with Gasteiger partial charge in [0.2, 0.25) is 0 Å². The molecule has 0 aliphatic heterocycles. The molecule has 2 heterocycles. The zero-order chi connectivity index (χ0) is 13.1. The van der Waals surface area contributed by atoms with Crippen LogP contribution in [0.15, 0.2) is 24.5 Å². The number of pyridine rings is 1. The molecular formula is C14H18N2OS. The lowest BCUT2D eigenvalue weighted by atomic mass is 9.94. The third-order valence-electron chi connectivity index (χ3n) is 3.08. The Bertz CT molecular complexity index is 508. The minimum absolute atomic E-state index is 0.174. The van der Waals surface area contributed by atoms with E-state index >= 15 is 0 Å². The summed E-state index contributed by atoms with van der Waals surface area (Å²) < 4.78 is 0. The van der Waals surface area contributed by atoms with Crippen molar-refractivity contribution in [2.45, 2.75) is 26.7 Å². The van der Waals surface area contributed by atoms with Gasteiger partial charge in [0.1, 0.15) is 5.01 Å². The molecule has 2 aromatic rings. The van der Waals surface area contributed by atoms with Gasteiger partial charge in [-0.15, -0.1) is 11.3 Å². The number of hydrogen-bond donors (Lipinski definition) is 1. The molecule has 96 valence electrons. The zero-order valence-electron chi connectivity index (χ0n) is 10.9. The van der Waals surface area contributed by atoms with Crippen LogP contribution in [0.3, 0.4) is 0 Å². The quantitative estimate of drug-likeness (QED) is 0.920. The van der Waals surface area contributed by atoms with Crippen molar-refractivity contribution in [3.63, 3.8) is 0 Å². The Kier molecular flexibility index (Phi) is 4.09. The number of aryl methyl sites for hydroxylation is 1. The molecule has 4 heteroatoms. The molecule has 1 atom stereocenters. The van der Waals surface area contributed by atoms with Gasteiger partial charge in [0.05, 0.1) is 12.3 Å². The van der Waals surface area contributed by atoms with E-state index in [0.717, 1.165) is 16.3 Å². The zero-order valence-corrected chi connectivity index (χ0v) is 11.7. The Labute approximate surface area is 112 Å². The van der Waals surface area contributed by atoms with E-state index in [1.165, 1.54) is 4.88 Å². The van der Waals surface area contributed by atoms with Crippen molar-refractivity contribution in [3.8, 4) is 10.6 Å². The molecule has 0 aromatic carbocycles. The molecule has 0 amide bonds. The average Bonchev–Trinajstić information content (AvgIpc) is 2.73. The highest BCUT2D eigenvalue weighted by Gasteiger charge is 2.21. The Morgan fingerprint density at radius 1 is 1.39 bits per heavy atom. The lowest BCUT2D eigenvalue weighted by Crippen LogP contribution is -2.10. The monoisotopic (exact) mass is 262 g/mol. The summed E-state index contributed by atoms with van der Waals surface area (Å²) in [6.45, 7) is 6.44. The molecular weight excluding hydrogens is 244 g/mol. The molecule has 18 heavy (non-hydrogen) atoms. The van der Waals surface area contributed by atoms with Crippen molar-refractivity contribution in [3.05, 3.63) is 35.1 Å². The first-order valence-electron chi connectivity index (χ1n) is 6.12. The molecule has 0 fully saturated rings. The number of hydrogen-bond acceptors (Lipinski definition) is 4. The third kappa shape index (κ3) is 2.60. The molecule has 0 saturated carbocycles. The SMILES string of the molecule is Cc1nc(-c2cccnc2)sc1C(CO)C(C)C. The van der Waals surface area contributed by atoms with Gasteiger partial charge in [-0.3, -0.25) is 4.98 Å². The van der Waals surface area contributed by atoms with Crippen LogP contribution in [0.4, 0.5) is 0 Å². The van der Waals surface area contributed by atoms with E-state index in [9.17, 15) is 5.11 Å². The van der Waals surface area contributed by atoms with Gasteiger partial charge in [-0.2, -0.15) is 0 Å². The molecule has 0 saturated heterocycles. The molecule has 0 bridgehead atoms. The lowest BCUT2D eigenvalue weighted by Gasteiger charge is -2.16. The van der Waals surface area contributed by atoms with E-state index in [0.29, 0.717) is 5.92 Å². The van der Waals surface area contributed by atoms with Gasteiger partial charge in [0.25, 0.3) is 0 Å². The van der Waals surface area contributed by atoms with Gasteiger partial charge in [-0.05, 0) is 25.0 Å². The molecule has 1 N–H and O–H groups in total. The number of aliphatic hydroxyl groups is 1. The maximum atomic E-state index is 9.52. The largest absolute Gasteiger partial charge is 0.396 e. The van der Waals surface area contributed by atoms with Crippen molar-refractivity contribution in [2.24, 2.45) is 5.92 Å². The number of aromatic nitrogens is 2. The molecule has 0 radical (unpaired) electrons. The first-order chi connectivity index (χ1) is 8.63. The van der Waals surface area contributed by atoms with Crippen LogP contribution in [0.1, 0.15) is 30.3 Å². The fourth-order valence-corrected chi connectivity index (χ4v) is 3.28. The summed E-state index contributed by atoms with van der Waals surface area (Å²) >= 11 is 1.66. The summed E-state index contributed by atoms with van der Waals surface area (Å²) in [7, 11) is 0. The number of rotatable bonds is 4. The number of thiazole rings is 1. The minimum Gasteiger partial charge on any atom is -0.396 e. The van der Waals surface area contributed by atoms with E-state index < -0.39 is 0 Å². The molecule has 0 spiro atoms. The van der Waals surface area contributed by atoms with Crippen molar-refractivity contribution < 1.29 is 5.11 Å². The molecule has 1 unspecified atom stereocenters. The second kappa shape index (κ2) is 5.59. The Balaban J connectivity index is 2.38. The Morgan fingerprint density at radius 3 is 2.72 bits per heavy atom. The van der Waals surface area contributed by atoms with E-state index in [1.54, 1.807) is 17.5 Å². The van der Waals surface area contributed by atoms with Gasteiger partial charge in [0.15, 0.2) is 0 Å². The minimum atomic E-state index is 0.174. The summed E-state index contributed by atoms with van der Waals surface area (Å²) in [6, 6.07) is 3.93. The summed E-state index contributed by atoms with van der Waals surface area (Å²) in [5, 5.41) is 10.5. The normalized spacial score (nSPS) is 12.9. The maximum Gasteiger partial charge on any atom is 0.125 e. The van der Waals surface area contributed by atoms with Gasteiger partial charge in [-0.25, -0.2) is 4.98 Å². The van der Waals surface area contributed by atoms with Crippen LogP contribution in [0.2, 0.25) is 0 Å². The fraction of sp³-hybridized carbons (Fsp3) is 0.429. The van der Waals surface area contributed by atoms with Crippen LogP contribution in [0.5, 0.6) is 0 Å². The van der Waals surface area contributed by atoms with E-state index in [4.69, 9.17) is 0 Å². The standard InChI is InChI=1S/C14H18N2OS/c1-9(2)12(8-17)13-10(3)16-14(18-13)11-5-4-6-15-7-11/h4-7,9,12,17H,8H2,1-3H3. The van der Waals surface area contributed by atoms with Crippen LogP contribution >= 0.6 is 11.3 Å². The lowest BCUT2D eigenvalue weighted by molar-refractivity contribution is 0.239. The van der Waals surface area contributed by atoms with Crippen molar-refractivity contribution in [2.75, 3.05) is 6.61 Å². The second-order valence-corrected chi connectivity index (χ2v) is 5.77. The predicted octanol–water partition coefficient (Wildman–Crippen LogP) is 3.25. The fourth-order valence-electron chi connectivity index (χ4n) is 1.96. The highest BCUT2D eigenvalue weighted by atomic mass is 32.1. The van der Waals surface area contributed by atoms with Crippen molar-refractivity contribution in [1.29, 1.82) is 0 Å². The van der Waals surface area contributed by atoms with Crippen LogP contribution in [0, 0.1) is 12.8 Å². The van der Waals surface area contributed by atoms with Gasteiger partial charge >= 0.3 is 0 Å². The van der Waals surface area contributed by atoms with Crippen LogP contribution < -0.4 is 0 Å². The van der Waals surface area contributed by atoms with Crippen LogP contribution in [0.25, 0.3) is 10.6 Å². The molecule has 2 rings (SSSR count). The Hall–Kier alpha value is -1.26. The number of aliphatic hydroxyl groups excluding tert-OH is 1. The average molecular weight is 262 g/mol. The Morgan fingerprint density at radius 2 is 2.17 bits per heavy atom. The van der Waals surface area contributed by atoms with Gasteiger partial charge in [-0.1, -0.05) is 13.8 Å². The first-order valence-corrected chi connectivity index (χ1v) is 6.93. The number of nitrogens with zero attached hydrogens (tertiary/aromatic N) is 2. The van der Waals surface area contributed by atoms with Gasteiger partial charge < -0.3 is 5.11 Å². The van der Waals surface area contributed by atoms with E-state index in [2.05, 4.69) is 23.8 Å². The topological polar surface area (TPSA) is 46.0 Å². The smallest absolute Gasteiger partial charge is 0.125 e. The summed E-state index contributed by atoms with van der Waals surface area (Å²) in [5.74, 6) is 0.587. The van der Waals surface area contributed by atoms with Crippen molar-refractivity contribution in [1.82, 2.24) is 9.97 Å². The highest BCUT2D eigenvalue weighted by molar-refractivity contribution is 7.15. The van der Waals surface area contributed by atoms with E-state index in [-0.39, 0.29) is 12.5 Å². The van der Waals surface area contributed by atoms with Crippen LogP contribution in [-0.2, 0) is 0 Å². The first kappa shape index (κ1) is 13.2. The second-order valence-electron chi connectivity index (χ2n) is 4.74. The summed E-state index contributed by atoms with van der Waals surface area (Å²) in [5.41, 5.74) is 2.06. The van der Waals surface area contributed by atoms with Gasteiger partial charge in [0, 0.05) is 28.8 Å². The van der Waals surface area contributed by atoms with E-state index in [1.807, 2.05) is 25.3 Å². The third-order valence-corrected chi connectivity index (χ3v) is 4.42. The molecule has 0 aliphatic rings. The summed E-state index contributed by atoms with van der Waals surface area (Å²) in [6.07, 6.45) is 3.58. The summed E-state index contributed by atoms with van der Waals surface area (Å²) in [4.78, 5) is 9.90. The molecule has 3 nitrogen and oxygen atoms in total. The van der Waals surface area contributed by atoms with Crippen molar-refractivity contribution >= 4 is 11.3 Å². The maximum absolute atomic E-state index is 9.52. The predicted molar refractivity (Wildman–Crippen MR) is 74.7 cm³/mol. The van der Waals surface area contributed by atoms with Crippen LogP contribution in [-0.4, -0.2) is 21.7 Å². The molecule has 0 aliphatic carbocycles. The molecule has 2 aromatic heterocycles.